The first kappa shape index (κ1) is 11.5. The Morgan fingerprint density at radius 1 is 1.36 bits per heavy atom. The van der Waals surface area contributed by atoms with Gasteiger partial charge < -0.3 is 15.1 Å². The molecule has 14 heavy (non-hydrogen) atoms. The average Bonchev–Trinajstić information content (AvgIpc) is 2.18. The van der Waals surface area contributed by atoms with Crippen molar-refractivity contribution in [2.75, 3.05) is 25.1 Å². The van der Waals surface area contributed by atoms with E-state index in [0.29, 0.717) is 6.54 Å². The van der Waals surface area contributed by atoms with Crippen molar-refractivity contribution in [2.24, 2.45) is 0 Å². The second-order valence-electron chi connectivity index (χ2n) is 3.08. The average molecular weight is 260 g/mol. The number of nitrogens with zero attached hydrogens (tertiary/aromatic N) is 1. The Hall–Kier alpha value is -0.580. The fraction of sp³-hybridized carbons (Fsp3) is 0.400. The van der Waals surface area contributed by atoms with E-state index in [0.717, 1.165) is 15.7 Å². The van der Waals surface area contributed by atoms with Gasteiger partial charge in [-0.25, -0.2) is 0 Å². The Labute approximate surface area is 92.1 Å². The van der Waals surface area contributed by atoms with Gasteiger partial charge in [0.05, 0.1) is 13.2 Å². The zero-order valence-corrected chi connectivity index (χ0v) is 9.66. The Morgan fingerprint density at radius 2 is 2.07 bits per heavy atom. The number of anilines is 1. The van der Waals surface area contributed by atoms with Crippen LogP contribution in [-0.2, 0) is 6.61 Å². The third kappa shape index (κ3) is 2.70. The number of hydrogen-bond donors (Lipinski definition) is 2. The number of rotatable bonds is 4. The number of aliphatic hydroxyl groups is 2. The maximum Gasteiger partial charge on any atom is 0.0702 e. The third-order valence-electron chi connectivity index (χ3n) is 2.06. The molecule has 0 fully saturated rings. The molecule has 3 nitrogen and oxygen atoms in total. The summed E-state index contributed by atoms with van der Waals surface area (Å²) in [4.78, 5) is 1.91. The van der Waals surface area contributed by atoms with Crippen LogP contribution in [0.1, 0.15) is 5.56 Å². The van der Waals surface area contributed by atoms with Crippen molar-refractivity contribution in [3.63, 3.8) is 0 Å². The van der Waals surface area contributed by atoms with E-state index in [1.807, 2.05) is 30.1 Å². The quantitative estimate of drug-likeness (QED) is 0.859. The summed E-state index contributed by atoms with van der Waals surface area (Å²) in [6.45, 7) is 0.676. The van der Waals surface area contributed by atoms with Gasteiger partial charge in [0.2, 0.25) is 0 Å². The number of hydrogen-bond acceptors (Lipinski definition) is 3. The van der Waals surface area contributed by atoms with Crippen molar-refractivity contribution in [1.29, 1.82) is 0 Å². The fourth-order valence-electron chi connectivity index (χ4n) is 1.30. The molecule has 0 aliphatic carbocycles. The lowest BCUT2D eigenvalue weighted by molar-refractivity contribution is 0.281. The highest BCUT2D eigenvalue weighted by atomic mass is 79.9. The first-order chi connectivity index (χ1) is 6.69. The van der Waals surface area contributed by atoms with Gasteiger partial charge in [0.1, 0.15) is 0 Å². The molecule has 0 saturated heterocycles. The van der Waals surface area contributed by atoms with E-state index >= 15 is 0 Å². The third-order valence-corrected chi connectivity index (χ3v) is 2.56. The molecule has 0 unspecified atom stereocenters. The van der Waals surface area contributed by atoms with Gasteiger partial charge in [0, 0.05) is 29.3 Å². The number of halogens is 1. The van der Waals surface area contributed by atoms with Gasteiger partial charge in [-0.15, -0.1) is 0 Å². The molecule has 78 valence electrons. The molecule has 0 heterocycles. The van der Waals surface area contributed by atoms with E-state index in [9.17, 15) is 0 Å². The minimum Gasteiger partial charge on any atom is -0.395 e. The second-order valence-corrected chi connectivity index (χ2v) is 3.99. The van der Waals surface area contributed by atoms with Gasteiger partial charge >= 0.3 is 0 Å². The molecule has 2 N–H and O–H groups in total. The molecule has 0 radical (unpaired) electrons. The predicted octanol–water partition coefficient (Wildman–Crippen LogP) is 1.37. The van der Waals surface area contributed by atoms with E-state index in [2.05, 4.69) is 15.9 Å². The minimum absolute atomic E-state index is 0.0123. The Morgan fingerprint density at radius 3 is 2.64 bits per heavy atom. The van der Waals surface area contributed by atoms with Crippen molar-refractivity contribution in [2.45, 2.75) is 6.61 Å². The fourth-order valence-corrected chi connectivity index (χ4v) is 1.65. The van der Waals surface area contributed by atoms with Crippen molar-refractivity contribution in [1.82, 2.24) is 0 Å². The van der Waals surface area contributed by atoms with E-state index in [4.69, 9.17) is 10.2 Å². The summed E-state index contributed by atoms with van der Waals surface area (Å²) in [5.74, 6) is 0. The van der Waals surface area contributed by atoms with Crippen LogP contribution in [0.15, 0.2) is 22.7 Å². The monoisotopic (exact) mass is 259 g/mol. The van der Waals surface area contributed by atoms with Gasteiger partial charge in [-0.1, -0.05) is 22.0 Å². The highest BCUT2D eigenvalue weighted by Gasteiger charge is 2.06. The molecular weight excluding hydrogens is 246 g/mol. The molecule has 4 heteroatoms. The number of benzene rings is 1. The summed E-state index contributed by atoms with van der Waals surface area (Å²) in [6, 6.07) is 5.69. The van der Waals surface area contributed by atoms with Gasteiger partial charge in [-0.05, 0) is 12.1 Å². The van der Waals surface area contributed by atoms with Crippen molar-refractivity contribution >= 4 is 21.6 Å². The van der Waals surface area contributed by atoms with Gasteiger partial charge in [0.25, 0.3) is 0 Å². The topological polar surface area (TPSA) is 43.7 Å². The van der Waals surface area contributed by atoms with E-state index < -0.39 is 0 Å². The van der Waals surface area contributed by atoms with Crippen LogP contribution in [0.3, 0.4) is 0 Å². The Balaban J connectivity index is 2.97. The van der Waals surface area contributed by atoms with Crippen molar-refractivity contribution in [3.05, 3.63) is 28.2 Å². The van der Waals surface area contributed by atoms with Gasteiger partial charge in [0.15, 0.2) is 0 Å². The van der Waals surface area contributed by atoms with Crippen LogP contribution in [0.25, 0.3) is 0 Å². The molecule has 0 amide bonds. The highest BCUT2D eigenvalue weighted by molar-refractivity contribution is 9.10. The molecule has 0 spiro atoms. The van der Waals surface area contributed by atoms with Crippen molar-refractivity contribution in [3.8, 4) is 0 Å². The van der Waals surface area contributed by atoms with Crippen LogP contribution in [0.2, 0.25) is 0 Å². The van der Waals surface area contributed by atoms with Crippen LogP contribution >= 0.6 is 15.9 Å². The molecule has 0 saturated carbocycles. The molecule has 1 aromatic carbocycles. The molecule has 0 aliphatic rings. The standard InChI is InChI=1S/C10H14BrNO2/c1-12(4-5-13)10-6-9(11)3-2-8(10)7-14/h2-3,6,13-14H,4-5,7H2,1H3. The molecule has 1 rings (SSSR count). The maximum absolute atomic E-state index is 9.12. The summed E-state index contributed by atoms with van der Waals surface area (Å²) in [5, 5.41) is 17.9. The maximum atomic E-state index is 9.12. The van der Waals surface area contributed by atoms with E-state index in [-0.39, 0.29) is 13.2 Å². The molecule has 0 aliphatic heterocycles. The highest BCUT2D eigenvalue weighted by Crippen LogP contribution is 2.24. The van der Waals surface area contributed by atoms with Crippen LogP contribution in [-0.4, -0.2) is 30.4 Å². The molecule has 1 aromatic rings. The summed E-state index contributed by atoms with van der Waals surface area (Å²) in [7, 11) is 1.89. The second kappa shape index (κ2) is 5.34. The van der Waals surface area contributed by atoms with Crippen molar-refractivity contribution < 1.29 is 10.2 Å². The molecular formula is C10H14BrNO2. The smallest absolute Gasteiger partial charge is 0.0702 e. The first-order valence-corrected chi connectivity index (χ1v) is 5.19. The normalized spacial score (nSPS) is 10.3. The first-order valence-electron chi connectivity index (χ1n) is 4.40. The van der Waals surface area contributed by atoms with Crippen LogP contribution in [0.4, 0.5) is 5.69 Å². The largest absolute Gasteiger partial charge is 0.395 e. The molecule has 0 bridgehead atoms. The lowest BCUT2D eigenvalue weighted by Gasteiger charge is -2.21. The lowest BCUT2D eigenvalue weighted by Crippen LogP contribution is -2.22. The minimum atomic E-state index is 0.0123. The van der Waals surface area contributed by atoms with Gasteiger partial charge in [-0.3, -0.25) is 0 Å². The zero-order valence-electron chi connectivity index (χ0n) is 8.07. The summed E-state index contributed by atoms with van der Waals surface area (Å²) in [5.41, 5.74) is 1.81. The van der Waals surface area contributed by atoms with Gasteiger partial charge in [-0.2, -0.15) is 0 Å². The van der Waals surface area contributed by atoms with E-state index in [1.165, 1.54) is 0 Å². The SMILES string of the molecule is CN(CCO)c1cc(Br)ccc1CO. The van der Waals surface area contributed by atoms with Crippen LogP contribution in [0.5, 0.6) is 0 Å². The predicted molar refractivity (Wildman–Crippen MR) is 60.4 cm³/mol. The Bertz CT molecular complexity index is 304. The molecule has 0 aromatic heterocycles. The zero-order chi connectivity index (χ0) is 10.6. The lowest BCUT2D eigenvalue weighted by atomic mass is 10.2. The molecule has 0 atom stereocenters. The summed E-state index contributed by atoms with van der Waals surface area (Å²) < 4.78 is 0.967. The summed E-state index contributed by atoms with van der Waals surface area (Å²) >= 11 is 3.37. The van der Waals surface area contributed by atoms with Crippen LogP contribution < -0.4 is 4.90 Å². The van der Waals surface area contributed by atoms with E-state index in [1.54, 1.807) is 0 Å². The number of likely N-dealkylation sites (N-methyl/N-ethyl adjacent to an activating group) is 1. The summed E-state index contributed by atoms with van der Waals surface area (Å²) in [6.07, 6.45) is 0. The Kier molecular flexibility index (Phi) is 4.38. The number of aliphatic hydroxyl groups excluding tert-OH is 2. The van der Waals surface area contributed by atoms with Crippen LogP contribution in [0, 0.1) is 0 Å².